The van der Waals surface area contributed by atoms with Gasteiger partial charge >= 0.3 is 0 Å². The molecule has 0 heterocycles. The molecule has 0 aliphatic carbocycles. The minimum Gasteiger partial charge on any atom is -0.493 e. The van der Waals surface area contributed by atoms with Gasteiger partial charge in [0.1, 0.15) is 11.9 Å². The number of para-hydroxylation sites is 1. The van der Waals surface area contributed by atoms with Crippen LogP contribution in [0.3, 0.4) is 0 Å². The van der Waals surface area contributed by atoms with Gasteiger partial charge in [-0.1, -0.05) is 32.0 Å². The molecule has 0 fully saturated rings. The highest BCUT2D eigenvalue weighted by atomic mass is 16.5. The van der Waals surface area contributed by atoms with Gasteiger partial charge in [-0.25, -0.2) is 0 Å². The lowest BCUT2D eigenvalue weighted by atomic mass is 9.86. The summed E-state index contributed by atoms with van der Waals surface area (Å²) in [4.78, 5) is 0. The number of hydrogen-bond acceptors (Lipinski definition) is 3. The van der Waals surface area contributed by atoms with E-state index < -0.39 is 11.7 Å². The number of ether oxygens (including phenoxy) is 1. The number of rotatable bonds is 6. The molecule has 1 aromatic carbocycles. The maximum atomic E-state index is 10.3. The molecule has 0 aromatic heterocycles. The van der Waals surface area contributed by atoms with E-state index in [0.29, 0.717) is 30.8 Å². The van der Waals surface area contributed by atoms with Crippen LogP contribution in [0.1, 0.15) is 45.3 Å². The van der Waals surface area contributed by atoms with Gasteiger partial charge < -0.3 is 14.9 Å². The third-order valence-electron chi connectivity index (χ3n) is 3.25. The first-order chi connectivity index (χ1) is 8.09. The van der Waals surface area contributed by atoms with Crippen LogP contribution >= 0.6 is 0 Å². The molecule has 0 spiro atoms. The molecule has 0 aliphatic rings. The minimum atomic E-state index is -1.09. The van der Waals surface area contributed by atoms with Crippen LogP contribution in [0.15, 0.2) is 24.3 Å². The van der Waals surface area contributed by atoms with E-state index in [9.17, 15) is 10.2 Å². The van der Waals surface area contributed by atoms with E-state index in [-0.39, 0.29) is 0 Å². The Morgan fingerprint density at radius 3 is 2.29 bits per heavy atom. The summed E-state index contributed by atoms with van der Waals surface area (Å²) in [6.45, 7) is 6.18. The second-order valence-corrected chi connectivity index (χ2v) is 4.18. The van der Waals surface area contributed by atoms with Crippen molar-refractivity contribution in [2.75, 3.05) is 6.61 Å². The van der Waals surface area contributed by atoms with Gasteiger partial charge in [0.05, 0.1) is 12.2 Å². The van der Waals surface area contributed by atoms with Gasteiger partial charge in [0, 0.05) is 5.56 Å². The summed E-state index contributed by atoms with van der Waals surface area (Å²) in [7, 11) is 0. The lowest BCUT2D eigenvalue weighted by Crippen LogP contribution is -2.35. The largest absolute Gasteiger partial charge is 0.493 e. The molecule has 2 N–H and O–H groups in total. The Labute approximate surface area is 103 Å². The topological polar surface area (TPSA) is 49.7 Å². The van der Waals surface area contributed by atoms with E-state index in [0.717, 1.165) is 0 Å². The predicted octanol–water partition coefficient (Wildman–Crippen LogP) is 2.67. The minimum absolute atomic E-state index is 0.505. The van der Waals surface area contributed by atoms with Crippen molar-refractivity contribution in [3.8, 4) is 5.75 Å². The maximum absolute atomic E-state index is 10.3. The van der Waals surface area contributed by atoms with Gasteiger partial charge in [0.25, 0.3) is 0 Å². The summed E-state index contributed by atoms with van der Waals surface area (Å²) in [6, 6.07) is 7.31. The van der Waals surface area contributed by atoms with E-state index in [1.165, 1.54) is 0 Å². The first-order valence-electron chi connectivity index (χ1n) is 6.21. The van der Waals surface area contributed by atoms with Gasteiger partial charge in [-0.05, 0) is 25.8 Å². The van der Waals surface area contributed by atoms with Gasteiger partial charge in [-0.3, -0.25) is 0 Å². The van der Waals surface area contributed by atoms with Gasteiger partial charge in [-0.2, -0.15) is 0 Å². The van der Waals surface area contributed by atoms with Crippen LogP contribution in [0.25, 0.3) is 0 Å². The van der Waals surface area contributed by atoms with Crippen LogP contribution in [0.2, 0.25) is 0 Å². The SMILES string of the molecule is CCOc1ccccc1C(O)C(O)(CC)CC. The lowest BCUT2D eigenvalue weighted by Gasteiger charge is -2.32. The van der Waals surface area contributed by atoms with Crippen LogP contribution in [0.4, 0.5) is 0 Å². The average molecular weight is 238 g/mol. The van der Waals surface area contributed by atoms with E-state index in [1.807, 2.05) is 39.0 Å². The molecule has 0 amide bonds. The highest BCUT2D eigenvalue weighted by Gasteiger charge is 2.34. The van der Waals surface area contributed by atoms with E-state index in [4.69, 9.17) is 4.74 Å². The lowest BCUT2D eigenvalue weighted by molar-refractivity contribution is -0.0829. The molecule has 1 rings (SSSR count). The molecule has 0 aliphatic heterocycles. The molecular formula is C14H22O3. The number of aliphatic hydroxyl groups excluding tert-OH is 1. The average Bonchev–Trinajstić information content (AvgIpc) is 2.38. The molecule has 3 heteroatoms. The van der Waals surface area contributed by atoms with Crippen molar-refractivity contribution >= 4 is 0 Å². The van der Waals surface area contributed by atoms with Crippen molar-refractivity contribution in [2.45, 2.75) is 45.3 Å². The molecule has 1 aromatic rings. The fraction of sp³-hybridized carbons (Fsp3) is 0.571. The van der Waals surface area contributed by atoms with Crippen LogP contribution in [0, 0.1) is 0 Å². The summed E-state index contributed by atoms with van der Waals surface area (Å²) in [6.07, 6.45) is 0.0937. The third kappa shape index (κ3) is 2.99. The van der Waals surface area contributed by atoms with Gasteiger partial charge in [-0.15, -0.1) is 0 Å². The Bertz CT molecular complexity index is 345. The number of hydrogen-bond donors (Lipinski definition) is 2. The third-order valence-corrected chi connectivity index (χ3v) is 3.25. The second-order valence-electron chi connectivity index (χ2n) is 4.18. The zero-order chi connectivity index (χ0) is 12.9. The Hall–Kier alpha value is -1.06. The molecule has 0 radical (unpaired) electrons. The molecule has 17 heavy (non-hydrogen) atoms. The summed E-state index contributed by atoms with van der Waals surface area (Å²) >= 11 is 0. The predicted molar refractivity (Wildman–Crippen MR) is 68.1 cm³/mol. The molecule has 0 saturated carbocycles. The Balaban J connectivity index is 3.06. The molecule has 3 nitrogen and oxygen atoms in total. The summed E-state index contributed by atoms with van der Waals surface area (Å²) in [5.74, 6) is 0.642. The van der Waals surface area contributed by atoms with E-state index in [1.54, 1.807) is 6.07 Å². The molecule has 1 unspecified atom stereocenters. The second kappa shape index (κ2) is 6.03. The van der Waals surface area contributed by atoms with Gasteiger partial charge in [0.2, 0.25) is 0 Å². The van der Waals surface area contributed by atoms with Crippen molar-refractivity contribution in [1.82, 2.24) is 0 Å². The quantitative estimate of drug-likeness (QED) is 0.801. The van der Waals surface area contributed by atoms with Crippen molar-refractivity contribution in [3.63, 3.8) is 0 Å². The molecular weight excluding hydrogens is 216 g/mol. The van der Waals surface area contributed by atoms with E-state index >= 15 is 0 Å². The first kappa shape index (κ1) is 14.0. The first-order valence-corrected chi connectivity index (χ1v) is 6.21. The Morgan fingerprint density at radius 2 is 1.76 bits per heavy atom. The van der Waals surface area contributed by atoms with Crippen LogP contribution < -0.4 is 4.74 Å². The van der Waals surface area contributed by atoms with E-state index in [2.05, 4.69) is 0 Å². The smallest absolute Gasteiger partial charge is 0.125 e. The highest BCUT2D eigenvalue weighted by Crippen LogP contribution is 2.36. The number of benzene rings is 1. The van der Waals surface area contributed by atoms with Crippen molar-refractivity contribution in [1.29, 1.82) is 0 Å². The molecule has 1 atom stereocenters. The van der Waals surface area contributed by atoms with Crippen molar-refractivity contribution < 1.29 is 14.9 Å². The summed E-state index contributed by atoms with van der Waals surface area (Å²) in [5.41, 5.74) is -0.437. The van der Waals surface area contributed by atoms with Crippen LogP contribution in [0.5, 0.6) is 5.75 Å². The molecule has 0 bridgehead atoms. The summed E-state index contributed by atoms with van der Waals surface area (Å²) in [5, 5.41) is 20.7. The Kier molecular flexibility index (Phi) is 4.97. The van der Waals surface area contributed by atoms with Crippen LogP contribution in [-0.4, -0.2) is 22.4 Å². The van der Waals surface area contributed by atoms with Crippen molar-refractivity contribution in [3.05, 3.63) is 29.8 Å². The Morgan fingerprint density at radius 1 is 1.18 bits per heavy atom. The zero-order valence-corrected chi connectivity index (χ0v) is 10.8. The van der Waals surface area contributed by atoms with Crippen molar-refractivity contribution in [2.24, 2.45) is 0 Å². The number of aliphatic hydroxyl groups is 2. The summed E-state index contributed by atoms with van der Waals surface area (Å²) < 4.78 is 5.47. The van der Waals surface area contributed by atoms with Crippen LogP contribution in [-0.2, 0) is 0 Å². The molecule has 0 saturated heterocycles. The fourth-order valence-electron chi connectivity index (χ4n) is 1.92. The zero-order valence-electron chi connectivity index (χ0n) is 10.8. The molecule has 96 valence electrons. The monoisotopic (exact) mass is 238 g/mol. The maximum Gasteiger partial charge on any atom is 0.125 e. The van der Waals surface area contributed by atoms with Gasteiger partial charge in [0.15, 0.2) is 0 Å². The normalized spacial score (nSPS) is 13.5. The highest BCUT2D eigenvalue weighted by molar-refractivity contribution is 5.36. The standard InChI is InChI=1S/C14H22O3/c1-4-14(16,5-2)13(15)11-9-7-8-10-12(11)17-6-3/h7-10,13,15-16H,4-6H2,1-3H3. The fourth-order valence-corrected chi connectivity index (χ4v) is 1.92.